The Bertz CT molecular complexity index is 1540. The van der Waals surface area contributed by atoms with Gasteiger partial charge < -0.3 is 10.6 Å². The first kappa shape index (κ1) is 27.9. The summed E-state index contributed by atoms with van der Waals surface area (Å²) < 4.78 is 0. The highest BCUT2D eigenvalue weighted by Gasteiger charge is 2.27. The molecule has 4 heterocycles. The zero-order valence-electron chi connectivity index (χ0n) is 22.6. The van der Waals surface area contributed by atoms with Crippen LogP contribution in [0.25, 0.3) is 0 Å². The summed E-state index contributed by atoms with van der Waals surface area (Å²) >= 11 is 0. The van der Waals surface area contributed by atoms with Crippen molar-refractivity contribution in [2.45, 2.75) is 50.4 Å². The van der Waals surface area contributed by atoms with E-state index in [1.54, 1.807) is 48.8 Å². The van der Waals surface area contributed by atoms with Crippen molar-refractivity contribution in [2.24, 2.45) is 0 Å². The Kier molecular flexibility index (Phi) is 8.75. The van der Waals surface area contributed by atoms with E-state index in [0.29, 0.717) is 34.2 Å². The fourth-order valence-corrected chi connectivity index (χ4v) is 5.02. The van der Waals surface area contributed by atoms with Gasteiger partial charge in [-0.25, -0.2) is 0 Å². The molecule has 42 heavy (non-hydrogen) atoms. The van der Waals surface area contributed by atoms with E-state index in [4.69, 9.17) is 0 Å². The first-order valence-corrected chi connectivity index (χ1v) is 13.5. The number of nitrogens with one attached hydrogen (secondary N) is 2. The molecule has 0 aliphatic heterocycles. The molecule has 0 aromatic carbocycles. The fraction of sp³-hybridized carbons (Fsp3) is 0.267. The molecular weight excluding hydrogens is 532 g/mol. The Morgan fingerprint density at radius 2 is 1.19 bits per heavy atom. The van der Waals surface area contributed by atoms with Gasteiger partial charge in [0.05, 0.1) is 46.7 Å². The third kappa shape index (κ3) is 6.92. The maximum Gasteiger partial charge on any atom is 0.231 e. The zero-order valence-corrected chi connectivity index (χ0v) is 22.6. The maximum atomic E-state index is 12.4. The summed E-state index contributed by atoms with van der Waals surface area (Å²) in [6.45, 7) is 0. The molecule has 2 atom stereocenters. The smallest absolute Gasteiger partial charge is 0.231 e. The first-order chi connectivity index (χ1) is 20.5. The molecule has 1 aliphatic carbocycles. The molecular formula is C30H26N10O2. The number of hydrogen-bond acceptors (Lipinski definition) is 10. The number of aromatic nitrogens is 6. The van der Waals surface area contributed by atoms with E-state index < -0.39 is 0 Å². The molecule has 2 amide bonds. The average Bonchev–Trinajstić information content (AvgIpc) is 3.02. The number of anilines is 2. The Hall–Kier alpha value is -5.62. The van der Waals surface area contributed by atoms with E-state index in [1.807, 2.05) is 24.3 Å². The van der Waals surface area contributed by atoms with E-state index in [1.165, 1.54) is 0 Å². The number of hydrogen-bond donors (Lipinski definition) is 2. The van der Waals surface area contributed by atoms with E-state index in [-0.39, 0.29) is 36.5 Å². The Balaban J connectivity index is 1.15. The Morgan fingerprint density at radius 1 is 0.714 bits per heavy atom. The van der Waals surface area contributed by atoms with Gasteiger partial charge in [0.15, 0.2) is 11.6 Å². The monoisotopic (exact) mass is 558 g/mol. The zero-order chi connectivity index (χ0) is 29.3. The lowest BCUT2D eigenvalue weighted by atomic mass is 9.78. The summed E-state index contributed by atoms with van der Waals surface area (Å²) in [7, 11) is 0. The molecule has 0 bridgehead atoms. The Labute approximate surface area is 241 Å². The van der Waals surface area contributed by atoms with Crippen LogP contribution in [0.15, 0.2) is 60.9 Å². The maximum absolute atomic E-state index is 12.4. The predicted molar refractivity (Wildman–Crippen MR) is 151 cm³/mol. The van der Waals surface area contributed by atoms with Gasteiger partial charge in [-0.3, -0.25) is 19.6 Å². The molecule has 4 aromatic heterocycles. The van der Waals surface area contributed by atoms with Gasteiger partial charge in [0.25, 0.3) is 0 Å². The van der Waals surface area contributed by atoms with Gasteiger partial charge in [-0.2, -0.15) is 20.7 Å². The van der Waals surface area contributed by atoms with Crippen molar-refractivity contribution in [3.8, 4) is 12.1 Å². The quantitative estimate of drug-likeness (QED) is 0.324. The minimum atomic E-state index is -0.327. The van der Waals surface area contributed by atoms with Crippen molar-refractivity contribution in [3.63, 3.8) is 0 Å². The summed E-state index contributed by atoms with van der Waals surface area (Å²) in [5, 5.41) is 41.0. The van der Waals surface area contributed by atoms with Crippen LogP contribution in [0.5, 0.6) is 0 Å². The van der Waals surface area contributed by atoms with Gasteiger partial charge in [-0.1, -0.05) is 6.42 Å². The number of amides is 2. The normalized spacial score (nSPS) is 16.0. The van der Waals surface area contributed by atoms with Gasteiger partial charge in [-0.15, -0.1) is 10.2 Å². The summed E-state index contributed by atoms with van der Waals surface area (Å²) in [5.74, 6) is 0.378. The fourth-order valence-electron chi connectivity index (χ4n) is 5.02. The molecule has 1 aliphatic rings. The standard InChI is InChI=1S/C30H26N10O2/c31-17-21-6-2-12-33-25(21)15-29(41)35-27-10-8-23(37-39-27)19-4-1-5-20(14-19)24-9-11-28(40-38-24)36-30(42)16-26-22(18-32)7-3-13-34-26/h2-3,6-13,19-20H,1,4-5,14-16H2,(H,35,39,41)(H,36,40,42)/t19-,20-/m0/s1. The summed E-state index contributed by atoms with van der Waals surface area (Å²) in [6, 6.07) is 17.8. The second kappa shape index (κ2) is 13.2. The number of carbonyl (C=O) groups is 2. The van der Waals surface area contributed by atoms with Crippen molar-refractivity contribution in [3.05, 3.63) is 94.8 Å². The summed E-state index contributed by atoms with van der Waals surface area (Å²) in [5.41, 5.74) is 3.23. The second-order valence-electron chi connectivity index (χ2n) is 9.92. The van der Waals surface area contributed by atoms with Crippen LogP contribution in [-0.4, -0.2) is 42.2 Å². The predicted octanol–water partition coefficient (Wildman–Crippen LogP) is 3.60. The molecule has 0 unspecified atom stereocenters. The SMILES string of the molecule is N#Cc1cccnc1CC(=O)Nc1ccc([C@H]2CCC[C@H](c3ccc(NC(=O)Cc4ncccc4C#N)nn3)C2)nn1. The van der Waals surface area contributed by atoms with Gasteiger partial charge in [0.1, 0.15) is 12.1 Å². The minimum absolute atomic E-state index is 0.0344. The molecule has 5 rings (SSSR count). The third-order valence-electron chi connectivity index (χ3n) is 7.09. The van der Waals surface area contributed by atoms with Crippen molar-refractivity contribution >= 4 is 23.5 Å². The van der Waals surface area contributed by atoms with Crippen LogP contribution in [-0.2, 0) is 22.4 Å². The number of nitrogens with zero attached hydrogens (tertiary/aromatic N) is 8. The summed E-state index contributed by atoms with van der Waals surface area (Å²) in [4.78, 5) is 33.1. The van der Waals surface area contributed by atoms with Gasteiger partial charge in [-0.05, 0) is 67.8 Å². The lowest BCUT2D eigenvalue weighted by molar-refractivity contribution is -0.116. The van der Waals surface area contributed by atoms with E-state index in [9.17, 15) is 20.1 Å². The van der Waals surface area contributed by atoms with E-state index in [0.717, 1.165) is 37.1 Å². The van der Waals surface area contributed by atoms with Crippen LogP contribution < -0.4 is 10.6 Å². The Morgan fingerprint density at radius 3 is 1.60 bits per heavy atom. The topological polar surface area (TPSA) is 183 Å². The average molecular weight is 559 g/mol. The van der Waals surface area contributed by atoms with Gasteiger partial charge in [0, 0.05) is 24.2 Å². The highest BCUT2D eigenvalue weighted by Crippen LogP contribution is 2.40. The number of carbonyl (C=O) groups excluding carboxylic acids is 2. The molecule has 208 valence electrons. The number of nitriles is 2. The van der Waals surface area contributed by atoms with Crippen LogP contribution in [0, 0.1) is 22.7 Å². The third-order valence-corrected chi connectivity index (χ3v) is 7.09. The molecule has 0 spiro atoms. The van der Waals surface area contributed by atoms with E-state index in [2.05, 4.69) is 41.0 Å². The largest absolute Gasteiger partial charge is 0.309 e. The van der Waals surface area contributed by atoms with Crippen molar-refractivity contribution in [2.75, 3.05) is 10.6 Å². The lowest BCUT2D eigenvalue weighted by Crippen LogP contribution is -2.19. The highest BCUT2D eigenvalue weighted by molar-refractivity contribution is 5.91. The van der Waals surface area contributed by atoms with Crippen molar-refractivity contribution < 1.29 is 9.59 Å². The minimum Gasteiger partial charge on any atom is -0.309 e. The molecule has 0 radical (unpaired) electrons. The first-order valence-electron chi connectivity index (χ1n) is 13.5. The van der Waals surface area contributed by atoms with Crippen LogP contribution in [0.2, 0.25) is 0 Å². The van der Waals surface area contributed by atoms with E-state index >= 15 is 0 Å². The van der Waals surface area contributed by atoms with Crippen LogP contribution in [0.1, 0.15) is 71.4 Å². The lowest BCUT2D eigenvalue weighted by Gasteiger charge is -2.28. The molecule has 1 saturated carbocycles. The van der Waals surface area contributed by atoms with Crippen LogP contribution in [0.4, 0.5) is 11.6 Å². The van der Waals surface area contributed by atoms with Crippen molar-refractivity contribution in [1.29, 1.82) is 10.5 Å². The molecule has 4 aromatic rings. The molecule has 2 N–H and O–H groups in total. The molecule has 12 heteroatoms. The molecule has 12 nitrogen and oxygen atoms in total. The number of rotatable bonds is 8. The second-order valence-corrected chi connectivity index (χ2v) is 9.92. The molecule has 1 fully saturated rings. The highest BCUT2D eigenvalue weighted by atomic mass is 16.2. The number of pyridine rings is 2. The van der Waals surface area contributed by atoms with Gasteiger partial charge in [0.2, 0.25) is 11.8 Å². The van der Waals surface area contributed by atoms with Gasteiger partial charge >= 0.3 is 0 Å². The van der Waals surface area contributed by atoms with Crippen LogP contribution in [0.3, 0.4) is 0 Å². The van der Waals surface area contributed by atoms with Crippen molar-refractivity contribution in [1.82, 2.24) is 30.4 Å². The van der Waals surface area contributed by atoms with Crippen LogP contribution >= 0.6 is 0 Å². The summed E-state index contributed by atoms with van der Waals surface area (Å²) in [6.07, 6.45) is 6.78. The molecule has 0 saturated heterocycles.